The summed E-state index contributed by atoms with van der Waals surface area (Å²) in [5.41, 5.74) is 5.36. The minimum absolute atomic E-state index is 0.134. The monoisotopic (exact) mass is 314 g/mol. The number of thiophene rings is 1. The SMILES string of the molecule is CN(Cc1cccs1)C(CN)c1ccccc1C(F)(F)F. The summed E-state index contributed by atoms with van der Waals surface area (Å²) in [4.78, 5) is 2.96. The van der Waals surface area contributed by atoms with Crippen molar-refractivity contribution in [2.45, 2.75) is 18.8 Å². The van der Waals surface area contributed by atoms with Crippen molar-refractivity contribution in [3.8, 4) is 0 Å². The van der Waals surface area contributed by atoms with E-state index in [1.54, 1.807) is 24.5 Å². The summed E-state index contributed by atoms with van der Waals surface area (Å²) < 4.78 is 39.4. The Labute approximate surface area is 126 Å². The molecule has 0 aliphatic heterocycles. The summed E-state index contributed by atoms with van der Waals surface area (Å²) in [6.45, 7) is 0.709. The molecule has 0 spiro atoms. The van der Waals surface area contributed by atoms with E-state index in [-0.39, 0.29) is 12.1 Å². The third-order valence-electron chi connectivity index (χ3n) is 3.37. The summed E-state index contributed by atoms with van der Waals surface area (Å²) in [6, 6.07) is 9.05. The predicted molar refractivity (Wildman–Crippen MR) is 79.0 cm³/mol. The predicted octanol–water partition coefficient (Wildman–Crippen LogP) is 3.90. The van der Waals surface area contributed by atoms with Gasteiger partial charge in [-0.3, -0.25) is 4.90 Å². The van der Waals surface area contributed by atoms with E-state index in [1.165, 1.54) is 12.1 Å². The Bertz CT molecular complexity index is 567. The molecule has 2 N–H and O–H groups in total. The van der Waals surface area contributed by atoms with E-state index >= 15 is 0 Å². The fraction of sp³-hybridized carbons (Fsp3) is 0.333. The summed E-state index contributed by atoms with van der Waals surface area (Å²) >= 11 is 1.58. The second-order valence-electron chi connectivity index (χ2n) is 4.83. The maximum atomic E-state index is 13.1. The van der Waals surface area contributed by atoms with E-state index in [2.05, 4.69) is 0 Å². The molecule has 0 aliphatic rings. The van der Waals surface area contributed by atoms with Gasteiger partial charge in [-0.2, -0.15) is 13.2 Å². The molecule has 0 amide bonds. The molecule has 1 heterocycles. The highest BCUT2D eigenvalue weighted by molar-refractivity contribution is 7.09. The van der Waals surface area contributed by atoms with Crippen molar-refractivity contribution in [3.63, 3.8) is 0 Å². The van der Waals surface area contributed by atoms with Gasteiger partial charge in [-0.1, -0.05) is 24.3 Å². The van der Waals surface area contributed by atoms with E-state index in [0.29, 0.717) is 6.54 Å². The van der Waals surface area contributed by atoms with Crippen LogP contribution in [0, 0.1) is 0 Å². The Balaban J connectivity index is 2.29. The van der Waals surface area contributed by atoms with Gasteiger partial charge in [-0.15, -0.1) is 11.3 Å². The van der Waals surface area contributed by atoms with E-state index in [1.807, 2.05) is 22.4 Å². The number of likely N-dealkylation sites (N-methyl/N-ethyl adjacent to an activating group) is 1. The zero-order valence-electron chi connectivity index (χ0n) is 11.6. The summed E-state index contributed by atoms with van der Waals surface area (Å²) in [5.74, 6) is 0. The lowest BCUT2D eigenvalue weighted by molar-refractivity contribution is -0.138. The minimum atomic E-state index is -4.37. The van der Waals surface area contributed by atoms with Crippen molar-refractivity contribution < 1.29 is 13.2 Å². The van der Waals surface area contributed by atoms with Gasteiger partial charge in [0, 0.05) is 24.0 Å². The molecule has 1 aromatic heterocycles. The molecule has 0 fully saturated rings. The fourth-order valence-electron chi connectivity index (χ4n) is 2.35. The normalized spacial score (nSPS) is 13.6. The first-order chi connectivity index (χ1) is 9.93. The molecule has 114 valence electrons. The quantitative estimate of drug-likeness (QED) is 0.907. The van der Waals surface area contributed by atoms with Crippen LogP contribution in [0.4, 0.5) is 13.2 Å². The average molecular weight is 314 g/mol. The zero-order valence-corrected chi connectivity index (χ0v) is 12.4. The molecular formula is C15H17F3N2S. The molecule has 2 rings (SSSR count). The number of nitrogens with two attached hydrogens (primary N) is 1. The van der Waals surface area contributed by atoms with Crippen LogP contribution in [0.2, 0.25) is 0 Å². The molecule has 0 bridgehead atoms. The van der Waals surface area contributed by atoms with Crippen molar-refractivity contribution in [2.75, 3.05) is 13.6 Å². The highest BCUT2D eigenvalue weighted by Crippen LogP contribution is 2.36. The van der Waals surface area contributed by atoms with Crippen molar-refractivity contribution in [1.82, 2.24) is 4.90 Å². The first-order valence-electron chi connectivity index (χ1n) is 6.52. The fourth-order valence-corrected chi connectivity index (χ4v) is 3.12. The standard InChI is InChI=1S/C15H17F3N2S/c1-20(10-11-5-4-8-21-11)14(9-19)12-6-2-3-7-13(12)15(16,17)18/h2-8,14H,9-10,19H2,1H3. The first-order valence-corrected chi connectivity index (χ1v) is 7.40. The molecule has 1 aromatic carbocycles. The molecule has 1 unspecified atom stereocenters. The molecule has 0 radical (unpaired) electrons. The molecule has 1 atom stereocenters. The second-order valence-corrected chi connectivity index (χ2v) is 5.86. The number of benzene rings is 1. The van der Waals surface area contributed by atoms with Crippen LogP contribution >= 0.6 is 11.3 Å². The third kappa shape index (κ3) is 3.84. The maximum Gasteiger partial charge on any atom is 0.416 e. The van der Waals surface area contributed by atoms with Crippen LogP contribution in [0.5, 0.6) is 0 Å². The lowest BCUT2D eigenvalue weighted by Gasteiger charge is -2.29. The molecule has 6 heteroatoms. The van der Waals surface area contributed by atoms with Crippen molar-refractivity contribution in [1.29, 1.82) is 0 Å². The van der Waals surface area contributed by atoms with E-state index < -0.39 is 17.8 Å². The van der Waals surface area contributed by atoms with Gasteiger partial charge < -0.3 is 5.73 Å². The Morgan fingerprint density at radius 2 is 1.90 bits per heavy atom. The van der Waals surface area contributed by atoms with Crippen LogP contribution in [0.3, 0.4) is 0 Å². The number of alkyl halides is 3. The number of nitrogens with zero attached hydrogens (tertiary/aromatic N) is 1. The zero-order chi connectivity index (χ0) is 15.5. The summed E-state index contributed by atoms with van der Waals surface area (Å²) in [7, 11) is 1.80. The van der Waals surface area contributed by atoms with Crippen LogP contribution in [-0.2, 0) is 12.7 Å². The third-order valence-corrected chi connectivity index (χ3v) is 4.23. The molecular weight excluding hydrogens is 297 g/mol. The van der Waals surface area contributed by atoms with Crippen molar-refractivity contribution in [3.05, 3.63) is 57.8 Å². The van der Waals surface area contributed by atoms with E-state index in [0.717, 1.165) is 10.9 Å². The summed E-state index contributed by atoms with van der Waals surface area (Å²) in [5, 5.41) is 1.95. The van der Waals surface area contributed by atoms with E-state index in [9.17, 15) is 13.2 Å². The van der Waals surface area contributed by atoms with Gasteiger partial charge in [-0.25, -0.2) is 0 Å². The van der Waals surface area contributed by atoms with Crippen molar-refractivity contribution in [2.24, 2.45) is 5.73 Å². The van der Waals surface area contributed by atoms with Gasteiger partial charge >= 0.3 is 6.18 Å². The average Bonchev–Trinajstić information content (AvgIpc) is 2.92. The molecule has 0 saturated carbocycles. The number of rotatable bonds is 5. The van der Waals surface area contributed by atoms with Crippen LogP contribution in [0.15, 0.2) is 41.8 Å². The highest BCUT2D eigenvalue weighted by atomic mass is 32.1. The largest absolute Gasteiger partial charge is 0.416 e. The van der Waals surface area contributed by atoms with Crippen LogP contribution < -0.4 is 5.73 Å². The number of halogens is 3. The van der Waals surface area contributed by atoms with Gasteiger partial charge in [0.25, 0.3) is 0 Å². The van der Waals surface area contributed by atoms with Gasteiger partial charge in [0.05, 0.1) is 5.56 Å². The number of hydrogen-bond donors (Lipinski definition) is 1. The van der Waals surface area contributed by atoms with Crippen LogP contribution in [-0.4, -0.2) is 18.5 Å². The van der Waals surface area contributed by atoms with Gasteiger partial charge in [0.15, 0.2) is 0 Å². The van der Waals surface area contributed by atoms with Crippen LogP contribution in [0.1, 0.15) is 22.0 Å². The molecule has 21 heavy (non-hydrogen) atoms. The smallest absolute Gasteiger partial charge is 0.329 e. The molecule has 0 saturated heterocycles. The second kappa shape index (κ2) is 6.60. The Hall–Kier alpha value is -1.37. The first kappa shape index (κ1) is 16.0. The molecule has 2 aromatic rings. The number of hydrogen-bond acceptors (Lipinski definition) is 3. The topological polar surface area (TPSA) is 29.3 Å². The maximum absolute atomic E-state index is 13.1. The highest BCUT2D eigenvalue weighted by Gasteiger charge is 2.35. The Kier molecular flexibility index (Phi) is 5.03. The van der Waals surface area contributed by atoms with Gasteiger partial charge in [0.2, 0.25) is 0 Å². The Morgan fingerprint density at radius 3 is 2.48 bits per heavy atom. The van der Waals surface area contributed by atoms with Crippen molar-refractivity contribution >= 4 is 11.3 Å². The van der Waals surface area contributed by atoms with Crippen LogP contribution in [0.25, 0.3) is 0 Å². The minimum Gasteiger partial charge on any atom is -0.329 e. The lowest BCUT2D eigenvalue weighted by Crippen LogP contribution is -2.31. The van der Waals surface area contributed by atoms with E-state index in [4.69, 9.17) is 5.73 Å². The molecule has 0 aliphatic carbocycles. The lowest BCUT2D eigenvalue weighted by atomic mass is 9.98. The van der Waals surface area contributed by atoms with Gasteiger partial charge in [0.1, 0.15) is 0 Å². The van der Waals surface area contributed by atoms with Gasteiger partial charge in [-0.05, 0) is 30.1 Å². The molecule has 2 nitrogen and oxygen atoms in total. The summed E-state index contributed by atoms with van der Waals surface area (Å²) in [6.07, 6.45) is -4.37. The Morgan fingerprint density at radius 1 is 1.19 bits per heavy atom.